The summed E-state index contributed by atoms with van der Waals surface area (Å²) in [6.45, 7) is 21.2. The van der Waals surface area contributed by atoms with Crippen molar-refractivity contribution in [3.63, 3.8) is 0 Å². The summed E-state index contributed by atoms with van der Waals surface area (Å²) >= 11 is 0. The third-order valence-corrected chi connectivity index (χ3v) is 4.80. The first kappa shape index (κ1) is 21.8. The lowest BCUT2D eigenvalue weighted by atomic mass is 10.1. The van der Waals surface area contributed by atoms with Crippen LogP contribution in [0.15, 0.2) is 0 Å². The van der Waals surface area contributed by atoms with E-state index in [2.05, 4.69) is 73.0 Å². The zero-order valence-corrected chi connectivity index (χ0v) is 16.8. The van der Waals surface area contributed by atoms with Crippen molar-refractivity contribution in [3.05, 3.63) is 0 Å². The summed E-state index contributed by atoms with van der Waals surface area (Å²) in [6.07, 6.45) is 0.565. The normalized spacial score (nSPS) is 25.1. The van der Waals surface area contributed by atoms with E-state index in [0.29, 0.717) is 18.2 Å². The third-order valence-electron chi connectivity index (χ3n) is 4.80. The van der Waals surface area contributed by atoms with Gasteiger partial charge in [-0.2, -0.15) is 0 Å². The summed E-state index contributed by atoms with van der Waals surface area (Å²) < 4.78 is 0. The lowest BCUT2D eigenvalue weighted by Crippen LogP contribution is -2.35. The van der Waals surface area contributed by atoms with Gasteiger partial charge in [0.25, 0.3) is 0 Å². The topological polar surface area (TPSA) is 63.4 Å². The largest absolute Gasteiger partial charge is 0.303 e. The molecular weight excluding hydrogens is 300 g/mol. The van der Waals surface area contributed by atoms with Gasteiger partial charge in [0.05, 0.1) is 6.17 Å². The van der Waals surface area contributed by atoms with Gasteiger partial charge in [-0.15, -0.1) is 0 Å². The van der Waals surface area contributed by atoms with E-state index in [9.17, 15) is 0 Å². The van der Waals surface area contributed by atoms with Gasteiger partial charge in [0.1, 0.15) is 0 Å². The second kappa shape index (κ2) is 12.2. The maximum Gasteiger partial charge on any atom is 0.0596 e. The number of nitrogens with zero attached hydrogens (tertiary/aromatic N) is 1. The predicted molar refractivity (Wildman–Crippen MR) is 104 cm³/mol. The fourth-order valence-corrected chi connectivity index (χ4v) is 2.94. The minimum absolute atomic E-state index is 0.565. The summed E-state index contributed by atoms with van der Waals surface area (Å²) in [4.78, 5) is 2.42. The van der Waals surface area contributed by atoms with E-state index in [0.717, 1.165) is 51.4 Å². The molecule has 1 unspecified atom stereocenters. The molecule has 0 aromatic heterocycles. The Bertz CT molecular complexity index is 242. The lowest BCUT2D eigenvalue weighted by Gasteiger charge is -2.17. The van der Waals surface area contributed by atoms with Gasteiger partial charge >= 0.3 is 0 Å². The third kappa shape index (κ3) is 8.74. The van der Waals surface area contributed by atoms with E-state index in [1.807, 2.05) is 0 Å². The Morgan fingerprint density at radius 2 is 1.46 bits per heavy atom. The Morgan fingerprint density at radius 1 is 0.792 bits per heavy atom. The monoisotopic (exact) mass is 342 g/mol. The first-order valence-electron chi connectivity index (χ1n) is 9.77. The maximum absolute atomic E-state index is 3.34. The second-order valence-electron chi connectivity index (χ2n) is 7.88. The zero-order valence-electron chi connectivity index (χ0n) is 16.8. The van der Waals surface area contributed by atoms with E-state index in [1.54, 1.807) is 0 Å². The van der Waals surface area contributed by atoms with Gasteiger partial charge < -0.3 is 26.6 Å². The van der Waals surface area contributed by atoms with Crippen LogP contribution in [0.1, 0.15) is 41.5 Å². The van der Waals surface area contributed by atoms with Crippen molar-refractivity contribution in [1.29, 1.82) is 0 Å². The van der Waals surface area contributed by atoms with Crippen LogP contribution in [0.5, 0.6) is 0 Å². The molecule has 3 saturated heterocycles. The summed E-state index contributed by atoms with van der Waals surface area (Å²) in [7, 11) is 0. The van der Waals surface area contributed by atoms with E-state index < -0.39 is 0 Å². The fourth-order valence-electron chi connectivity index (χ4n) is 2.94. The fraction of sp³-hybridized carbons (Fsp3) is 1.00. The summed E-state index contributed by atoms with van der Waals surface area (Å²) in [5.41, 5.74) is 0. The molecule has 0 saturated carbocycles. The number of hydrogen-bond acceptors (Lipinski definition) is 6. The molecule has 0 aromatic carbocycles. The van der Waals surface area contributed by atoms with Crippen LogP contribution in [0.25, 0.3) is 0 Å². The average Bonchev–Trinajstić information content (AvgIpc) is 3.29. The summed E-state index contributed by atoms with van der Waals surface area (Å²) in [5, 5.41) is 16.6. The van der Waals surface area contributed by atoms with Crippen LogP contribution in [0.2, 0.25) is 0 Å². The zero-order chi connectivity index (χ0) is 17.9. The Kier molecular flexibility index (Phi) is 11.1. The van der Waals surface area contributed by atoms with Gasteiger partial charge in [0, 0.05) is 58.1 Å². The number of rotatable bonds is 3. The van der Waals surface area contributed by atoms with Crippen molar-refractivity contribution in [3.8, 4) is 0 Å². The van der Waals surface area contributed by atoms with E-state index >= 15 is 0 Å². The van der Waals surface area contributed by atoms with Crippen LogP contribution in [0, 0.1) is 11.8 Å². The van der Waals surface area contributed by atoms with Gasteiger partial charge in [-0.25, -0.2) is 0 Å². The molecule has 1 atom stereocenters. The summed E-state index contributed by atoms with van der Waals surface area (Å²) in [5.74, 6) is 1.49. The quantitative estimate of drug-likeness (QED) is 0.517. The van der Waals surface area contributed by atoms with Crippen LogP contribution in [-0.4, -0.2) is 69.2 Å². The molecule has 3 aliphatic heterocycles. The van der Waals surface area contributed by atoms with Gasteiger partial charge in [0.2, 0.25) is 0 Å². The minimum Gasteiger partial charge on any atom is -0.303 e. The first-order valence-corrected chi connectivity index (χ1v) is 9.77. The highest BCUT2D eigenvalue weighted by molar-refractivity contribution is 4.77. The Morgan fingerprint density at radius 3 is 1.71 bits per heavy atom. The molecule has 0 aliphatic carbocycles. The average molecular weight is 343 g/mol. The van der Waals surface area contributed by atoms with Crippen LogP contribution in [0.3, 0.4) is 0 Å². The van der Waals surface area contributed by atoms with Gasteiger partial charge in [-0.3, -0.25) is 4.90 Å². The minimum atomic E-state index is 0.565. The van der Waals surface area contributed by atoms with Crippen LogP contribution < -0.4 is 26.6 Å². The smallest absolute Gasteiger partial charge is 0.0596 e. The van der Waals surface area contributed by atoms with Gasteiger partial charge in [-0.1, -0.05) is 27.7 Å². The molecule has 0 aromatic rings. The molecule has 3 rings (SSSR count). The van der Waals surface area contributed by atoms with Crippen molar-refractivity contribution < 1.29 is 0 Å². The summed E-state index contributed by atoms with van der Waals surface area (Å²) in [6, 6.07) is 1.42. The molecular formula is C18H42N6. The Hall–Kier alpha value is -0.240. The molecule has 5 N–H and O–H groups in total. The maximum atomic E-state index is 3.34. The standard InChI is InChI=1S/3C6H14N2/c1-5(2)6-3-7-4-8-6;1-6(2)8-4-3-7-5-8;1-5(2)6-7-3-4-8-6/h5-8H,3-4H2,1-2H3;6-7H,3-5H2,1-2H3;5-8H,3-4H2,1-2H3. The van der Waals surface area contributed by atoms with E-state index in [4.69, 9.17) is 0 Å². The molecule has 0 bridgehead atoms. The predicted octanol–water partition coefficient (Wildman–Crippen LogP) is 0.580. The number of hydrogen-bond donors (Lipinski definition) is 5. The molecule has 0 spiro atoms. The van der Waals surface area contributed by atoms with Crippen molar-refractivity contribution in [2.45, 2.75) is 59.8 Å². The molecule has 3 aliphatic rings. The van der Waals surface area contributed by atoms with Crippen molar-refractivity contribution >= 4 is 0 Å². The molecule has 0 amide bonds. The first-order chi connectivity index (χ1) is 11.4. The lowest BCUT2D eigenvalue weighted by molar-refractivity contribution is 0.273. The molecule has 144 valence electrons. The molecule has 6 heteroatoms. The van der Waals surface area contributed by atoms with E-state index in [1.165, 1.54) is 6.54 Å². The molecule has 6 nitrogen and oxygen atoms in total. The highest BCUT2D eigenvalue weighted by Crippen LogP contribution is 2.02. The van der Waals surface area contributed by atoms with Gasteiger partial charge in [0.15, 0.2) is 0 Å². The molecule has 3 heterocycles. The van der Waals surface area contributed by atoms with Crippen molar-refractivity contribution in [2.24, 2.45) is 11.8 Å². The van der Waals surface area contributed by atoms with Gasteiger partial charge in [-0.05, 0) is 25.7 Å². The Labute approximate surface area is 149 Å². The van der Waals surface area contributed by atoms with Crippen LogP contribution >= 0.6 is 0 Å². The van der Waals surface area contributed by atoms with E-state index in [-0.39, 0.29) is 0 Å². The van der Waals surface area contributed by atoms with Crippen LogP contribution in [0.4, 0.5) is 0 Å². The highest BCUT2D eigenvalue weighted by atomic mass is 15.3. The van der Waals surface area contributed by atoms with Crippen molar-refractivity contribution in [2.75, 3.05) is 46.1 Å². The molecule has 3 fully saturated rings. The highest BCUT2D eigenvalue weighted by Gasteiger charge is 2.16. The number of nitrogens with one attached hydrogen (secondary N) is 5. The SMILES string of the molecule is CC(C)C1CNCN1.CC(C)C1NCCN1.CC(C)N1CCNC1. The second-order valence-corrected chi connectivity index (χ2v) is 7.88. The molecule has 24 heavy (non-hydrogen) atoms. The van der Waals surface area contributed by atoms with Crippen LogP contribution in [-0.2, 0) is 0 Å². The van der Waals surface area contributed by atoms with Crippen molar-refractivity contribution in [1.82, 2.24) is 31.5 Å². The molecule has 0 radical (unpaired) electrons. The Balaban J connectivity index is 0.000000180.